The molecule has 128 valence electrons. The molecule has 0 aliphatic carbocycles. The van der Waals surface area contributed by atoms with Gasteiger partial charge in [0.1, 0.15) is 0 Å². The third-order valence-electron chi connectivity index (χ3n) is 5.56. The molecule has 1 aromatic carbocycles. The molecule has 3 heterocycles. The van der Waals surface area contributed by atoms with Crippen molar-refractivity contribution in [1.82, 2.24) is 9.80 Å². The van der Waals surface area contributed by atoms with E-state index < -0.39 is 0 Å². The summed E-state index contributed by atoms with van der Waals surface area (Å²) in [6, 6.07) is 9.09. The SMILES string of the molecule is CC1CC2CN1CCCC(C)N2C(=O)c1cc2cccc(Cl)c2s1. The summed E-state index contributed by atoms with van der Waals surface area (Å²) in [6.07, 6.45) is 3.33. The lowest BCUT2D eigenvalue weighted by molar-refractivity contribution is 0.0561. The standard InChI is InChI=1S/C19H23ClN2OS/c1-12-5-4-8-21-11-15(9-13(21)2)22(12)19(23)17-10-14-6-3-7-16(20)18(14)24-17/h3,6-7,10,12-13,15H,4-5,8-9,11H2,1-2H3. The molecule has 0 N–H and O–H groups in total. The number of nitrogens with zero attached hydrogens (tertiary/aromatic N) is 2. The molecule has 0 radical (unpaired) electrons. The van der Waals surface area contributed by atoms with Crippen molar-refractivity contribution in [3.63, 3.8) is 0 Å². The maximum absolute atomic E-state index is 13.3. The summed E-state index contributed by atoms with van der Waals surface area (Å²) in [5, 5.41) is 1.80. The Hall–Kier alpha value is -1.10. The van der Waals surface area contributed by atoms with E-state index in [2.05, 4.69) is 23.6 Å². The number of thiophene rings is 1. The van der Waals surface area contributed by atoms with Gasteiger partial charge in [0.2, 0.25) is 0 Å². The highest BCUT2D eigenvalue weighted by Crippen LogP contribution is 2.35. The highest BCUT2D eigenvalue weighted by atomic mass is 35.5. The van der Waals surface area contributed by atoms with Crippen molar-refractivity contribution in [2.75, 3.05) is 13.1 Å². The van der Waals surface area contributed by atoms with Crippen LogP contribution >= 0.6 is 22.9 Å². The van der Waals surface area contributed by atoms with Gasteiger partial charge in [0.25, 0.3) is 5.91 Å². The first-order valence-electron chi connectivity index (χ1n) is 8.79. The van der Waals surface area contributed by atoms with Gasteiger partial charge in [0.15, 0.2) is 0 Å². The van der Waals surface area contributed by atoms with Gasteiger partial charge in [-0.05, 0) is 57.2 Å². The Morgan fingerprint density at radius 3 is 2.92 bits per heavy atom. The van der Waals surface area contributed by atoms with Crippen molar-refractivity contribution in [3.05, 3.63) is 34.2 Å². The number of halogens is 1. The fourth-order valence-electron chi connectivity index (χ4n) is 4.30. The number of benzene rings is 1. The summed E-state index contributed by atoms with van der Waals surface area (Å²) in [7, 11) is 0. The zero-order valence-electron chi connectivity index (χ0n) is 14.2. The molecule has 1 aromatic heterocycles. The normalized spacial score (nSPS) is 30.4. The van der Waals surface area contributed by atoms with Crippen LogP contribution in [0.3, 0.4) is 0 Å². The Balaban J connectivity index is 1.69. The van der Waals surface area contributed by atoms with Crippen LogP contribution in [0.15, 0.2) is 24.3 Å². The van der Waals surface area contributed by atoms with Crippen molar-refractivity contribution < 1.29 is 4.79 Å². The third kappa shape index (κ3) is 2.75. The summed E-state index contributed by atoms with van der Waals surface area (Å²) >= 11 is 7.83. The first-order chi connectivity index (χ1) is 11.5. The van der Waals surface area contributed by atoms with Crippen LogP contribution < -0.4 is 0 Å². The van der Waals surface area contributed by atoms with E-state index in [9.17, 15) is 4.79 Å². The zero-order chi connectivity index (χ0) is 16.8. The quantitative estimate of drug-likeness (QED) is 0.737. The minimum Gasteiger partial charge on any atom is -0.331 e. The van der Waals surface area contributed by atoms with Crippen LogP contribution in [0.5, 0.6) is 0 Å². The van der Waals surface area contributed by atoms with E-state index in [-0.39, 0.29) is 5.91 Å². The Bertz CT molecular complexity index is 774. The maximum Gasteiger partial charge on any atom is 0.264 e. The molecule has 2 bridgehead atoms. The van der Waals surface area contributed by atoms with Crippen molar-refractivity contribution in [3.8, 4) is 0 Å². The molecule has 4 unspecified atom stereocenters. The van der Waals surface area contributed by atoms with Crippen LogP contribution in [-0.2, 0) is 0 Å². The molecule has 1 amide bonds. The lowest BCUT2D eigenvalue weighted by Gasteiger charge is -2.36. The van der Waals surface area contributed by atoms with E-state index in [4.69, 9.17) is 11.6 Å². The van der Waals surface area contributed by atoms with Gasteiger partial charge >= 0.3 is 0 Å². The molecule has 3 nitrogen and oxygen atoms in total. The topological polar surface area (TPSA) is 23.6 Å². The van der Waals surface area contributed by atoms with Gasteiger partial charge in [-0.1, -0.05) is 23.7 Å². The monoisotopic (exact) mass is 362 g/mol. The molecule has 2 aromatic rings. The highest BCUT2D eigenvalue weighted by Gasteiger charge is 2.39. The van der Waals surface area contributed by atoms with Gasteiger partial charge in [0.05, 0.1) is 14.6 Å². The van der Waals surface area contributed by atoms with E-state index in [1.165, 1.54) is 24.3 Å². The molecule has 2 saturated heterocycles. The lowest BCUT2D eigenvalue weighted by Crippen LogP contribution is -2.48. The van der Waals surface area contributed by atoms with Crippen molar-refractivity contribution in [2.24, 2.45) is 0 Å². The number of carbonyl (C=O) groups excluding carboxylic acids is 1. The molecule has 0 spiro atoms. The Kier molecular flexibility index (Phi) is 4.31. The van der Waals surface area contributed by atoms with Gasteiger partial charge in [-0.15, -0.1) is 11.3 Å². The first kappa shape index (κ1) is 16.4. The van der Waals surface area contributed by atoms with E-state index in [1.54, 1.807) is 0 Å². The van der Waals surface area contributed by atoms with Crippen LogP contribution in [0.1, 0.15) is 42.8 Å². The Morgan fingerprint density at radius 1 is 1.29 bits per heavy atom. The highest BCUT2D eigenvalue weighted by molar-refractivity contribution is 7.21. The summed E-state index contributed by atoms with van der Waals surface area (Å²) in [5.74, 6) is 0.181. The van der Waals surface area contributed by atoms with Gasteiger partial charge in [-0.3, -0.25) is 9.69 Å². The van der Waals surface area contributed by atoms with E-state index in [0.29, 0.717) is 18.1 Å². The minimum atomic E-state index is 0.181. The van der Waals surface area contributed by atoms with Crippen molar-refractivity contribution in [2.45, 2.75) is 51.2 Å². The predicted molar refractivity (Wildman–Crippen MR) is 101 cm³/mol. The third-order valence-corrected chi connectivity index (χ3v) is 7.16. The second-order valence-corrected chi connectivity index (χ2v) is 8.67. The van der Waals surface area contributed by atoms with E-state index >= 15 is 0 Å². The number of rotatable bonds is 1. The molecule has 2 aliphatic rings. The Morgan fingerprint density at radius 2 is 2.12 bits per heavy atom. The lowest BCUT2D eigenvalue weighted by atomic mass is 10.1. The fraction of sp³-hybridized carbons (Fsp3) is 0.526. The van der Waals surface area contributed by atoms with Gasteiger partial charge in [-0.2, -0.15) is 0 Å². The van der Waals surface area contributed by atoms with Gasteiger partial charge < -0.3 is 4.90 Å². The van der Waals surface area contributed by atoms with E-state index in [0.717, 1.165) is 39.4 Å². The van der Waals surface area contributed by atoms with E-state index in [1.807, 2.05) is 24.3 Å². The number of fused-ring (bicyclic) bond motifs is 3. The molecule has 0 saturated carbocycles. The predicted octanol–water partition coefficient (Wildman–Crippen LogP) is 4.64. The van der Waals surface area contributed by atoms with Gasteiger partial charge in [0, 0.05) is 24.7 Å². The van der Waals surface area contributed by atoms with Crippen molar-refractivity contribution in [1.29, 1.82) is 0 Å². The number of hydrogen-bond acceptors (Lipinski definition) is 3. The van der Waals surface area contributed by atoms with Crippen molar-refractivity contribution >= 4 is 38.9 Å². The average Bonchev–Trinajstić information content (AvgIpc) is 3.12. The van der Waals surface area contributed by atoms with Crippen LogP contribution in [0.25, 0.3) is 10.1 Å². The van der Waals surface area contributed by atoms with Crippen LogP contribution in [-0.4, -0.2) is 46.9 Å². The molecular weight excluding hydrogens is 340 g/mol. The number of amides is 1. The molecule has 4 atom stereocenters. The molecular formula is C19H23ClN2OS. The summed E-state index contributed by atoms with van der Waals surface area (Å²) in [5.41, 5.74) is 0. The molecule has 4 rings (SSSR count). The Labute approximate surface area is 152 Å². The molecule has 24 heavy (non-hydrogen) atoms. The summed E-state index contributed by atoms with van der Waals surface area (Å²) < 4.78 is 1.02. The average molecular weight is 363 g/mol. The summed E-state index contributed by atoms with van der Waals surface area (Å²) in [6.45, 7) is 6.68. The number of hydrogen-bond donors (Lipinski definition) is 0. The minimum absolute atomic E-state index is 0.181. The summed E-state index contributed by atoms with van der Waals surface area (Å²) in [4.78, 5) is 18.8. The smallest absolute Gasteiger partial charge is 0.264 e. The first-order valence-corrected chi connectivity index (χ1v) is 9.99. The maximum atomic E-state index is 13.3. The fourth-order valence-corrected chi connectivity index (χ4v) is 5.60. The molecule has 5 heteroatoms. The van der Waals surface area contributed by atoms with Crippen LogP contribution in [0.2, 0.25) is 5.02 Å². The van der Waals surface area contributed by atoms with Crippen LogP contribution in [0, 0.1) is 0 Å². The number of carbonyl (C=O) groups is 1. The second kappa shape index (κ2) is 6.32. The zero-order valence-corrected chi connectivity index (χ0v) is 15.7. The molecule has 2 fully saturated rings. The van der Waals surface area contributed by atoms with Crippen LogP contribution in [0.4, 0.5) is 0 Å². The molecule has 2 aliphatic heterocycles. The second-order valence-electron chi connectivity index (χ2n) is 7.21. The van der Waals surface area contributed by atoms with Gasteiger partial charge in [-0.25, -0.2) is 0 Å². The largest absolute Gasteiger partial charge is 0.331 e.